The van der Waals surface area contributed by atoms with Crippen molar-refractivity contribution in [3.05, 3.63) is 64.0 Å². The quantitative estimate of drug-likeness (QED) is 0.584. The van der Waals surface area contributed by atoms with Crippen LogP contribution in [0.2, 0.25) is 10.0 Å². The van der Waals surface area contributed by atoms with Crippen molar-refractivity contribution in [2.24, 2.45) is 0 Å². The van der Waals surface area contributed by atoms with E-state index in [9.17, 15) is 0 Å². The number of halogens is 2. The van der Waals surface area contributed by atoms with Gasteiger partial charge in [0.2, 0.25) is 0 Å². The monoisotopic (exact) mass is 305 g/mol. The van der Waals surface area contributed by atoms with Gasteiger partial charge in [0.15, 0.2) is 0 Å². The minimum atomic E-state index is 0.626. The Kier molecular flexibility index (Phi) is 3.56. The van der Waals surface area contributed by atoms with Crippen molar-refractivity contribution < 1.29 is 0 Å². The van der Waals surface area contributed by atoms with Crippen LogP contribution in [0.1, 0.15) is 0 Å². The van der Waals surface area contributed by atoms with Gasteiger partial charge in [0.1, 0.15) is 5.01 Å². The molecule has 0 aliphatic carbocycles. The third kappa shape index (κ3) is 2.52. The molecule has 0 saturated heterocycles. The molecule has 1 heterocycles. The molecule has 3 aromatic rings. The summed E-state index contributed by atoms with van der Waals surface area (Å²) in [7, 11) is 0. The van der Waals surface area contributed by atoms with E-state index in [4.69, 9.17) is 23.2 Å². The highest BCUT2D eigenvalue weighted by Gasteiger charge is 2.12. The Morgan fingerprint density at radius 3 is 2.21 bits per heavy atom. The van der Waals surface area contributed by atoms with E-state index < -0.39 is 0 Å². The standard InChI is InChI=1S/C15H9Cl2NS/c16-11-7-4-8-12(17)14(11)15-18-13(9-19-15)10-5-2-1-3-6-10/h1-9H. The van der Waals surface area contributed by atoms with E-state index in [1.165, 1.54) is 0 Å². The molecule has 94 valence electrons. The summed E-state index contributed by atoms with van der Waals surface area (Å²) in [6, 6.07) is 15.5. The Morgan fingerprint density at radius 2 is 1.53 bits per heavy atom. The van der Waals surface area contributed by atoms with E-state index in [1.807, 2.05) is 53.9 Å². The average molecular weight is 306 g/mol. The summed E-state index contributed by atoms with van der Waals surface area (Å²) in [4.78, 5) is 4.62. The van der Waals surface area contributed by atoms with Crippen LogP contribution in [-0.2, 0) is 0 Å². The van der Waals surface area contributed by atoms with Gasteiger partial charge in [-0.15, -0.1) is 11.3 Å². The summed E-state index contributed by atoms with van der Waals surface area (Å²) >= 11 is 13.9. The van der Waals surface area contributed by atoms with Crippen LogP contribution in [0.15, 0.2) is 53.9 Å². The van der Waals surface area contributed by atoms with Crippen molar-refractivity contribution >= 4 is 34.5 Å². The average Bonchev–Trinajstić information content (AvgIpc) is 2.89. The highest BCUT2D eigenvalue weighted by molar-refractivity contribution is 7.13. The molecule has 1 nitrogen and oxygen atoms in total. The summed E-state index contributed by atoms with van der Waals surface area (Å²) < 4.78 is 0. The van der Waals surface area contributed by atoms with Crippen molar-refractivity contribution in [1.82, 2.24) is 4.98 Å². The molecule has 2 aromatic carbocycles. The second-order valence-corrected chi connectivity index (χ2v) is 5.67. The first kappa shape index (κ1) is 12.7. The molecule has 0 aliphatic heterocycles. The Hall–Kier alpha value is -1.35. The minimum Gasteiger partial charge on any atom is -0.236 e. The predicted octanol–water partition coefficient (Wildman–Crippen LogP) is 5.78. The smallest absolute Gasteiger partial charge is 0.127 e. The molecule has 0 N–H and O–H groups in total. The van der Waals surface area contributed by atoms with Crippen LogP contribution >= 0.6 is 34.5 Å². The maximum absolute atomic E-state index is 6.20. The first-order chi connectivity index (χ1) is 9.25. The molecule has 1 aromatic heterocycles. The molecular weight excluding hydrogens is 297 g/mol. The lowest BCUT2D eigenvalue weighted by molar-refractivity contribution is 1.40. The zero-order valence-electron chi connectivity index (χ0n) is 9.81. The summed E-state index contributed by atoms with van der Waals surface area (Å²) in [5, 5.41) is 4.11. The van der Waals surface area contributed by atoms with Crippen LogP contribution in [0.25, 0.3) is 21.8 Å². The molecule has 4 heteroatoms. The van der Waals surface area contributed by atoms with Crippen molar-refractivity contribution in [2.45, 2.75) is 0 Å². The largest absolute Gasteiger partial charge is 0.236 e. The lowest BCUT2D eigenvalue weighted by atomic mass is 10.2. The van der Waals surface area contributed by atoms with Gasteiger partial charge >= 0.3 is 0 Å². The van der Waals surface area contributed by atoms with E-state index >= 15 is 0 Å². The molecule has 0 saturated carbocycles. The molecule has 0 atom stereocenters. The number of aromatic nitrogens is 1. The van der Waals surface area contributed by atoms with Crippen LogP contribution < -0.4 is 0 Å². The van der Waals surface area contributed by atoms with Gasteiger partial charge in [-0.05, 0) is 12.1 Å². The molecule has 0 aliphatic rings. The molecular formula is C15H9Cl2NS. The zero-order valence-corrected chi connectivity index (χ0v) is 12.1. The van der Waals surface area contributed by atoms with Crippen LogP contribution in [0.4, 0.5) is 0 Å². The highest BCUT2D eigenvalue weighted by atomic mass is 35.5. The minimum absolute atomic E-state index is 0.626. The molecule has 0 fully saturated rings. The van der Waals surface area contributed by atoms with Crippen molar-refractivity contribution in [3.8, 4) is 21.8 Å². The lowest BCUT2D eigenvalue weighted by Gasteiger charge is -2.02. The van der Waals surface area contributed by atoms with Crippen LogP contribution in [-0.4, -0.2) is 4.98 Å². The lowest BCUT2D eigenvalue weighted by Crippen LogP contribution is -1.82. The molecule has 0 radical (unpaired) electrons. The zero-order chi connectivity index (χ0) is 13.2. The summed E-state index contributed by atoms with van der Waals surface area (Å²) in [5.41, 5.74) is 2.84. The Morgan fingerprint density at radius 1 is 0.842 bits per heavy atom. The second kappa shape index (κ2) is 5.33. The molecule has 19 heavy (non-hydrogen) atoms. The van der Waals surface area contributed by atoms with E-state index in [0.717, 1.165) is 21.8 Å². The van der Waals surface area contributed by atoms with E-state index in [2.05, 4.69) is 4.98 Å². The van der Waals surface area contributed by atoms with Gasteiger partial charge in [-0.2, -0.15) is 0 Å². The van der Waals surface area contributed by atoms with Gasteiger partial charge < -0.3 is 0 Å². The predicted molar refractivity (Wildman–Crippen MR) is 83.0 cm³/mol. The topological polar surface area (TPSA) is 12.9 Å². The molecule has 0 bridgehead atoms. The van der Waals surface area contributed by atoms with Gasteiger partial charge in [-0.25, -0.2) is 4.98 Å². The molecule has 0 unspecified atom stereocenters. The number of benzene rings is 2. The van der Waals surface area contributed by atoms with E-state index in [-0.39, 0.29) is 0 Å². The number of hydrogen-bond donors (Lipinski definition) is 0. The maximum atomic E-state index is 6.20. The summed E-state index contributed by atoms with van der Waals surface area (Å²) in [6.45, 7) is 0. The van der Waals surface area contributed by atoms with Gasteiger partial charge in [0, 0.05) is 16.5 Å². The Balaban J connectivity index is 2.07. The summed E-state index contributed by atoms with van der Waals surface area (Å²) in [5.74, 6) is 0. The van der Waals surface area contributed by atoms with Gasteiger partial charge in [0.25, 0.3) is 0 Å². The third-order valence-corrected chi connectivity index (χ3v) is 4.24. The number of rotatable bonds is 2. The van der Waals surface area contributed by atoms with Crippen molar-refractivity contribution in [3.63, 3.8) is 0 Å². The van der Waals surface area contributed by atoms with Gasteiger partial charge in [-0.3, -0.25) is 0 Å². The van der Waals surface area contributed by atoms with E-state index in [0.29, 0.717) is 10.0 Å². The number of nitrogens with zero attached hydrogens (tertiary/aromatic N) is 1. The molecule has 0 amide bonds. The fraction of sp³-hybridized carbons (Fsp3) is 0. The number of hydrogen-bond acceptors (Lipinski definition) is 2. The Bertz CT molecular complexity index is 687. The first-order valence-corrected chi connectivity index (χ1v) is 7.34. The van der Waals surface area contributed by atoms with Crippen LogP contribution in [0.5, 0.6) is 0 Å². The maximum Gasteiger partial charge on any atom is 0.127 e. The fourth-order valence-corrected chi connectivity index (χ4v) is 3.42. The molecule has 0 spiro atoms. The Labute approximate surface area is 125 Å². The van der Waals surface area contributed by atoms with Gasteiger partial charge in [-0.1, -0.05) is 59.6 Å². The molecule has 3 rings (SSSR count). The van der Waals surface area contributed by atoms with Crippen molar-refractivity contribution in [2.75, 3.05) is 0 Å². The normalized spacial score (nSPS) is 10.6. The highest BCUT2D eigenvalue weighted by Crippen LogP contribution is 2.37. The fourth-order valence-electron chi connectivity index (χ4n) is 1.83. The van der Waals surface area contributed by atoms with Crippen molar-refractivity contribution in [1.29, 1.82) is 0 Å². The third-order valence-electron chi connectivity index (χ3n) is 2.75. The SMILES string of the molecule is Clc1cccc(Cl)c1-c1nc(-c2ccccc2)cs1. The van der Waals surface area contributed by atoms with E-state index in [1.54, 1.807) is 11.3 Å². The van der Waals surface area contributed by atoms with Gasteiger partial charge in [0.05, 0.1) is 15.7 Å². The number of thiazole rings is 1. The van der Waals surface area contributed by atoms with Crippen LogP contribution in [0.3, 0.4) is 0 Å². The first-order valence-electron chi connectivity index (χ1n) is 5.71. The van der Waals surface area contributed by atoms with Crippen LogP contribution in [0, 0.1) is 0 Å². The summed E-state index contributed by atoms with van der Waals surface area (Å²) in [6.07, 6.45) is 0. The second-order valence-electron chi connectivity index (χ2n) is 4.00.